The number of aryl methyl sites for hydroxylation is 1. The largest absolute Gasteiger partial charge is 0.343 e. The van der Waals surface area contributed by atoms with Crippen molar-refractivity contribution < 1.29 is 14.4 Å². The normalized spacial score (nSPS) is 13.6. The predicted octanol–water partition coefficient (Wildman–Crippen LogP) is 1.81. The molecule has 4 N–H and O–H groups in total. The number of carbonyl (C=O) groups excluding carboxylic acids is 3. The molecular formula is C18H15N5O3. The molecule has 0 unspecified atom stereocenters. The Morgan fingerprint density at radius 2 is 2.04 bits per heavy atom. The zero-order valence-electron chi connectivity index (χ0n) is 13.8. The quantitative estimate of drug-likeness (QED) is 0.564. The minimum absolute atomic E-state index is 0.101. The molecular weight excluding hydrogens is 334 g/mol. The van der Waals surface area contributed by atoms with Crippen molar-refractivity contribution in [3.63, 3.8) is 0 Å². The zero-order valence-corrected chi connectivity index (χ0v) is 13.8. The van der Waals surface area contributed by atoms with Crippen molar-refractivity contribution in [3.8, 4) is 0 Å². The molecule has 0 fully saturated rings. The van der Waals surface area contributed by atoms with Crippen LogP contribution in [0.2, 0.25) is 0 Å². The number of amides is 3. The first-order chi connectivity index (χ1) is 12.5. The van der Waals surface area contributed by atoms with Crippen LogP contribution in [-0.2, 0) is 4.79 Å². The lowest BCUT2D eigenvalue weighted by molar-refractivity contribution is -0.115. The van der Waals surface area contributed by atoms with Crippen molar-refractivity contribution in [2.24, 2.45) is 0 Å². The molecule has 0 saturated heterocycles. The van der Waals surface area contributed by atoms with Crippen LogP contribution in [0, 0.1) is 6.92 Å². The molecule has 0 aliphatic carbocycles. The summed E-state index contributed by atoms with van der Waals surface area (Å²) >= 11 is 0. The lowest BCUT2D eigenvalue weighted by Crippen LogP contribution is -2.28. The summed E-state index contributed by atoms with van der Waals surface area (Å²) in [4.78, 5) is 36.3. The van der Waals surface area contributed by atoms with Gasteiger partial charge in [0.1, 0.15) is 0 Å². The molecule has 8 heteroatoms. The smallest absolute Gasteiger partial charge is 0.255 e. The molecule has 3 amide bonds. The average Bonchev–Trinajstić information content (AvgIpc) is 3.08. The van der Waals surface area contributed by atoms with Crippen molar-refractivity contribution >= 4 is 40.0 Å². The van der Waals surface area contributed by atoms with Gasteiger partial charge in [-0.2, -0.15) is 5.10 Å². The molecule has 0 saturated carbocycles. The predicted molar refractivity (Wildman–Crippen MR) is 96.2 cm³/mol. The SMILES string of the molecule is Cc1ccc(NC(=O)c2ccc3c(c2)C(=O)NCC(=O)N3)c2[nH]ncc12. The van der Waals surface area contributed by atoms with E-state index in [0.29, 0.717) is 16.9 Å². The number of rotatable bonds is 2. The van der Waals surface area contributed by atoms with Crippen LogP contribution in [-0.4, -0.2) is 34.5 Å². The van der Waals surface area contributed by atoms with E-state index in [0.717, 1.165) is 16.5 Å². The number of aromatic nitrogens is 2. The van der Waals surface area contributed by atoms with Crippen LogP contribution in [0.4, 0.5) is 11.4 Å². The van der Waals surface area contributed by atoms with Crippen LogP contribution in [0.25, 0.3) is 10.9 Å². The molecule has 1 aromatic heterocycles. The number of benzene rings is 2. The number of nitrogens with zero attached hydrogens (tertiary/aromatic N) is 1. The number of aromatic amines is 1. The molecule has 1 aliphatic rings. The summed E-state index contributed by atoms with van der Waals surface area (Å²) in [5.41, 5.74) is 3.32. The summed E-state index contributed by atoms with van der Waals surface area (Å²) in [7, 11) is 0. The van der Waals surface area contributed by atoms with Gasteiger partial charge in [-0.1, -0.05) is 6.07 Å². The Bertz CT molecular complexity index is 1070. The minimum Gasteiger partial charge on any atom is -0.343 e. The van der Waals surface area contributed by atoms with E-state index in [-0.39, 0.29) is 23.9 Å². The van der Waals surface area contributed by atoms with Crippen molar-refractivity contribution in [2.75, 3.05) is 17.2 Å². The van der Waals surface area contributed by atoms with Crippen LogP contribution in [0.15, 0.2) is 36.5 Å². The first-order valence-electron chi connectivity index (χ1n) is 7.99. The van der Waals surface area contributed by atoms with Crippen molar-refractivity contribution in [2.45, 2.75) is 6.92 Å². The minimum atomic E-state index is -0.403. The average molecular weight is 349 g/mol. The maximum atomic E-state index is 12.6. The van der Waals surface area contributed by atoms with Gasteiger partial charge < -0.3 is 16.0 Å². The maximum absolute atomic E-state index is 12.6. The van der Waals surface area contributed by atoms with E-state index in [9.17, 15) is 14.4 Å². The standard InChI is InChI=1S/C18H15N5O3/c1-9-2-4-14(16-12(9)7-20-23-16)22-17(25)10-3-5-13-11(6-10)18(26)19-8-15(24)21-13/h2-7H,8H2,1H3,(H,19,26)(H,20,23)(H,21,24)(H,22,25). The van der Waals surface area contributed by atoms with Crippen molar-refractivity contribution in [1.29, 1.82) is 0 Å². The van der Waals surface area contributed by atoms with Gasteiger partial charge in [0.2, 0.25) is 5.91 Å². The second-order valence-corrected chi connectivity index (χ2v) is 6.03. The number of hydrogen-bond donors (Lipinski definition) is 4. The number of carbonyl (C=O) groups is 3. The van der Waals surface area contributed by atoms with Gasteiger partial charge in [-0.05, 0) is 36.8 Å². The number of hydrogen-bond acceptors (Lipinski definition) is 4. The van der Waals surface area contributed by atoms with Gasteiger partial charge in [0, 0.05) is 10.9 Å². The Kier molecular flexibility index (Phi) is 3.65. The molecule has 8 nitrogen and oxygen atoms in total. The highest BCUT2D eigenvalue weighted by Crippen LogP contribution is 2.25. The van der Waals surface area contributed by atoms with E-state index in [1.807, 2.05) is 13.0 Å². The molecule has 2 heterocycles. The second-order valence-electron chi connectivity index (χ2n) is 6.03. The summed E-state index contributed by atoms with van der Waals surface area (Å²) < 4.78 is 0. The van der Waals surface area contributed by atoms with E-state index in [1.165, 1.54) is 6.07 Å². The first kappa shape index (κ1) is 15.8. The molecule has 3 aromatic rings. The molecule has 0 radical (unpaired) electrons. The van der Waals surface area contributed by atoms with E-state index < -0.39 is 5.91 Å². The summed E-state index contributed by atoms with van der Waals surface area (Å²) in [6, 6.07) is 8.26. The van der Waals surface area contributed by atoms with Gasteiger partial charge in [0.05, 0.1) is 35.2 Å². The molecule has 0 atom stereocenters. The third-order valence-electron chi connectivity index (χ3n) is 4.29. The lowest BCUT2D eigenvalue weighted by Gasteiger charge is -2.10. The molecule has 0 spiro atoms. The van der Waals surface area contributed by atoms with Crippen LogP contribution in [0.3, 0.4) is 0 Å². The fourth-order valence-corrected chi connectivity index (χ4v) is 2.90. The van der Waals surface area contributed by atoms with Gasteiger partial charge in [-0.25, -0.2) is 0 Å². The van der Waals surface area contributed by atoms with E-state index in [4.69, 9.17) is 0 Å². The summed E-state index contributed by atoms with van der Waals surface area (Å²) in [5, 5.41) is 15.8. The highest BCUT2D eigenvalue weighted by atomic mass is 16.2. The third-order valence-corrected chi connectivity index (χ3v) is 4.29. The number of anilines is 2. The third kappa shape index (κ3) is 2.67. The number of H-pyrrole nitrogens is 1. The van der Waals surface area contributed by atoms with Gasteiger partial charge in [-0.3, -0.25) is 19.5 Å². The Hall–Kier alpha value is -3.68. The fourth-order valence-electron chi connectivity index (χ4n) is 2.90. The van der Waals surface area contributed by atoms with Crippen LogP contribution >= 0.6 is 0 Å². The Morgan fingerprint density at radius 3 is 2.88 bits per heavy atom. The summed E-state index contributed by atoms with van der Waals surface area (Å²) in [6.07, 6.45) is 1.70. The maximum Gasteiger partial charge on any atom is 0.255 e. The monoisotopic (exact) mass is 349 g/mol. The Labute approximate surface area is 148 Å². The van der Waals surface area contributed by atoms with Crippen LogP contribution < -0.4 is 16.0 Å². The first-order valence-corrected chi connectivity index (χ1v) is 7.99. The van der Waals surface area contributed by atoms with Gasteiger partial charge in [0.15, 0.2) is 0 Å². The number of fused-ring (bicyclic) bond motifs is 2. The van der Waals surface area contributed by atoms with Gasteiger partial charge in [-0.15, -0.1) is 0 Å². The fraction of sp³-hybridized carbons (Fsp3) is 0.111. The topological polar surface area (TPSA) is 116 Å². The van der Waals surface area contributed by atoms with Crippen molar-refractivity contribution in [1.82, 2.24) is 15.5 Å². The zero-order chi connectivity index (χ0) is 18.3. The Balaban J connectivity index is 1.66. The van der Waals surface area contributed by atoms with Crippen LogP contribution in [0.5, 0.6) is 0 Å². The summed E-state index contributed by atoms with van der Waals surface area (Å²) in [5.74, 6) is -1.08. The highest BCUT2D eigenvalue weighted by Gasteiger charge is 2.21. The molecule has 2 aromatic carbocycles. The molecule has 130 valence electrons. The summed E-state index contributed by atoms with van der Waals surface area (Å²) in [6.45, 7) is 1.86. The van der Waals surface area contributed by atoms with Crippen molar-refractivity contribution in [3.05, 3.63) is 53.2 Å². The van der Waals surface area contributed by atoms with E-state index in [2.05, 4.69) is 26.1 Å². The van der Waals surface area contributed by atoms with Gasteiger partial charge >= 0.3 is 0 Å². The van der Waals surface area contributed by atoms with Gasteiger partial charge in [0.25, 0.3) is 11.8 Å². The second kappa shape index (κ2) is 5.99. The molecule has 4 rings (SSSR count). The molecule has 1 aliphatic heterocycles. The van der Waals surface area contributed by atoms with E-state index in [1.54, 1.807) is 24.4 Å². The number of nitrogens with one attached hydrogen (secondary N) is 4. The Morgan fingerprint density at radius 1 is 1.19 bits per heavy atom. The molecule has 0 bridgehead atoms. The van der Waals surface area contributed by atoms with E-state index >= 15 is 0 Å². The lowest BCUT2D eigenvalue weighted by atomic mass is 10.1. The van der Waals surface area contributed by atoms with Crippen LogP contribution in [0.1, 0.15) is 26.3 Å². The highest BCUT2D eigenvalue weighted by molar-refractivity contribution is 6.13. The molecule has 26 heavy (non-hydrogen) atoms.